The standard InChI is InChI=1S/C27H43N3O9S/c1-14(2)9-15-7-8-37-23-16(10-15)12-30(27(36)38-13-31)19(23)25(35)29-18-6-4-3-5-17(11-28)40-26-22(34)20(32)21(33)24(18)39-26/h3-4,13-24,26,32-34H,5-12,28H2,1-2H3,(H,29,35)/b4-3-/t15-,16-,17-,18+,19-,20-,21+,22+,23+,24+,26+/m0/s1. The third kappa shape index (κ3) is 7.00. The minimum absolute atomic E-state index is 0.0470. The normalized spacial score (nSPS) is 41.0. The van der Waals surface area contributed by atoms with Gasteiger partial charge in [0.1, 0.15) is 35.9 Å². The molecule has 0 saturated carbocycles. The third-order valence-electron chi connectivity index (χ3n) is 8.35. The number of hydrogen-bond donors (Lipinski definition) is 5. The number of aliphatic hydroxyl groups is 3. The van der Waals surface area contributed by atoms with E-state index in [1.54, 1.807) is 0 Å². The van der Waals surface area contributed by atoms with Crippen LogP contribution >= 0.6 is 11.8 Å². The fourth-order valence-corrected chi connectivity index (χ4v) is 7.70. The van der Waals surface area contributed by atoms with Crippen LogP contribution in [0.15, 0.2) is 12.2 Å². The van der Waals surface area contributed by atoms with Crippen LogP contribution in [0.2, 0.25) is 0 Å². The predicted octanol–water partition coefficient (Wildman–Crippen LogP) is 0.124. The molecule has 4 aliphatic heterocycles. The summed E-state index contributed by atoms with van der Waals surface area (Å²) in [7, 11) is 0. The number of thioether (sulfide) groups is 1. The number of nitrogens with two attached hydrogens (primary N) is 1. The number of amides is 2. The predicted molar refractivity (Wildman–Crippen MR) is 146 cm³/mol. The summed E-state index contributed by atoms with van der Waals surface area (Å²) in [6, 6.07) is -1.85. The smallest absolute Gasteiger partial charge is 0.388 e. The summed E-state index contributed by atoms with van der Waals surface area (Å²) in [5, 5.41) is 34.9. The van der Waals surface area contributed by atoms with Crippen molar-refractivity contribution in [3.8, 4) is 0 Å². The Kier molecular flexibility index (Phi) is 10.9. The molecule has 0 aliphatic carbocycles. The molecule has 0 spiro atoms. The zero-order valence-corrected chi connectivity index (χ0v) is 23.9. The molecule has 6 N–H and O–H groups in total. The number of carbonyl (C=O) groups is 3. The van der Waals surface area contributed by atoms with Gasteiger partial charge in [0, 0.05) is 30.9 Å². The number of nitrogens with one attached hydrogen (secondary N) is 1. The Morgan fingerprint density at radius 2 is 1.93 bits per heavy atom. The number of fused-ring (bicyclic) bond motifs is 3. The Morgan fingerprint density at radius 3 is 2.62 bits per heavy atom. The van der Waals surface area contributed by atoms with Crippen molar-refractivity contribution in [1.29, 1.82) is 0 Å². The molecule has 4 heterocycles. The summed E-state index contributed by atoms with van der Waals surface area (Å²) in [5.74, 6) is 0.229. The lowest BCUT2D eigenvalue weighted by Crippen LogP contribution is -2.64. The number of allylic oxidation sites excluding steroid dienone is 1. The van der Waals surface area contributed by atoms with Gasteiger partial charge < -0.3 is 40.6 Å². The largest absolute Gasteiger partial charge is 0.418 e. The van der Waals surface area contributed by atoms with Gasteiger partial charge in [-0.05, 0) is 43.9 Å². The number of aliphatic hydroxyl groups excluding tert-OH is 3. The van der Waals surface area contributed by atoms with Crippen LogP contribution in [0.1, 0.15) is 46.0 Å². The van der Waals surface area contributed by atoms with Crippen molar-refractivity contribution in [2.75, 3.05) is 19.7 Å². The molecular weight excluding hydrogens is 542 g/mol. The molecule has 40 heavy (non-hydrogen) atoms. The van der Waals surface area contributed by atoms with E-state index in [0.717, 1.165) is 19.3 Å². The van der Waals surface area contributed by atoms with Gasteiger partial charge in [0.15, 0.2) is 0 Å². The molecule has 2 amide bonds. The van der Waals surface area contributed by atoms with Gasteiger partial charge in [0.2, 0.25) is 5.91 Å². The van der Waals surface area contributed by atoms with E-state index >= 15 is 0 Å². The van der Waals surface area contributed by atoms with Gasteiger partial charge in [-0.25, -0.2) is 4.79 Å². The molecule has 0 radical (unpaired) electrons. The first kappa shape index (κ1) is 31.2. The van der Waals surface area contributed by atoms with Crippen LogP contribution in [0, 0.1) is 17.8 Å². The molecule has 0 aromatic rings. The highest BCUT2D eigenvalue weighted by Crippen LogP contribution is 2.38. The Labute approximate surface area is 238 Å². The second kappa shape index (κ2) is 14.0. The first-order chi connectivity index (χ1) is 19.1. The number of hydrogen-bond acceptors (Lipinski definition) is 11. The molecule has 13 heteroatoms. The van der Waals surface area contributed by atoms with E-state index in [1.807, 2.05) is 12.2 Å². The molecule has 4 rings (SSSR count). The molecule has 2 bridgehead atoms. The molecule has 12 nitrogen and oxygen atoms in total. The van der Waals surface area contributed by atoms with Crippen molar-refractivity contribution < 1.29 is 43.9 Å². The van der Waals surface area contributed by atoms with Crippen molar-refractivity contribution in [2.45, 2.75) is 99.2 Å². The van der Waals surface area contributed by atoms with Crippen molar-refractivity contribution in [3.63, 3.8) is 0 Å². The number of likely N-dealkylation sites (tertiary alicyclic amines) is 1. The number of rotatable bonds is 6. The monoisotopic (exact) mass is 585 g/mol. The van der Waals surface area contributed by atoms with E-state index in [9.17, 15) is 29.7 Å². The van der Waals surface area contributed by atoms with Gasteiger partial charge in [0.05, 0.1) is 12.1 Å². The summed E-state index contributed by atoms with van der Waals surface area (Å²) in [5.41, 5.74) is 5.01. The highest BCUT2D eigenvalue weighted by atomic mass is 32.2. The van der Waals surface area contributed by atoms with E-state index in [4.69, 9.17) is 15.2 Å². The van der Waals surface area contributed by atoms with Crippen molar-refractivity contribution in [3.05, 3.63) is 12.2 Å². The number of carbonyl (C=O) groups excluding carboxylic acids is 3. The van der Waals surface area contributed by atoms with E-state index < -0.39 is 60.0 Å². The van der Waals surface area contributed by atoms with Crippen molar-refractivity contribution in [1.82, 2.24) is 10.2 Å². The fourth-order valence-electron chi connectivity index (χ4n) is 6.48. The first-order valence-corrected chi connectivity index (χ1v) is 15.1. The second-order valence-corrected chi connectivity index (χ2v) is 13.1. The summed E-state index contributed by atoms with van der Waals surface area (Å²) in [6.45, 7) is 5.35. The first-order valence-electron chi connectivity index (χ1n) is 14.2. The topological polar surface area (TPSA) is 181 Å². The van der Waals surface area contributed by atoms with Crippen LogP contribution in [0.4, 0.5) is 4.79 Å². The maximum Gasteiger partial charge on any atom is 0.418 e. The van der Waals surface area contributed by atoms with E-state index in [2.05, 4.69) is 23.9 Å². The van der Waals surface area contributed by atoms with Gasteiger partial charge in [0.25, 0.3) is 0 Å². The van der Waals surface area contributed by atoms with E-state index in [0.29, 0.717) is 31.4 Å². The summed E-state index contributed by atoms with van der Waals surface area (Å²) >= 11 is 1.28. The quantitative estimate of drug-likeness (QED) is 0.162. The second-order valence-electron chi connectivity index (χ2n) is 11.7. The highest BCUT2D eigenvalue weighted by molar-refractivity contribution is 8.00. The highest BCUT2D eigenvalue weighted by Gasteiger charge is 2.52. The fraction of sp³-hybridized carbons (Fsp3) is 0.815. The van der Waals surface area contributed by atoms with Gasteiger partial charge in [-0.15, -0.1) is 11.8 Å². The third-order valence-corrected chi connectivity index (χ3v) is 9.78. The zero-order valence-electron chi connectivity index (χ0n) is 23.0. The average Bonchev–Trinajstić information content (AvgIpc) is 3.16. The molecule has 0 aromatic carbocycles. The Morgan fingerprint density at radius 1 is 1.18 bits per heavy atom. The van der Waals surface area contributed by atoms with Crippen LogP contribution in [0.25, 0.3) is 0 Å². The van der Waals surface area contributed by atoms with E-state index in [-0.39, 0.29) is 30.6 Å². The molecule has 226 valence electrons. The summed E-state index contributed by atoms with van der Waals surface area (Å²) in [6.07, 6.45) is 0.436. The van der Waals surface area contributed by atoms with Crippen LogP contribution in [0.5, 0.6) is 0 Å². The SMILES string of the molecule is CC(C)C[C@@H]1CCO[C@@H]2[C@@H](C1)CN(C(=O)OC=O)[C@@H]2C(=O)N[C@@H]1C/C=C\C[C@@H](CN)S[C@H]2O[C@H]1[C@H](O)[C@H](O)[C@H]2O. The lowest BCUT2D eigenvalue weighted by atomic mass is 9.85. The zero-order chi connectivity index (χ0) is 29.0. The maximum atomic E-state index is 13.9. The molecule has 3 saturated heterocycles. The Balaban J connectivity index is 1.58. The van der Waals surface area contributed by atoms with Gasteiger partial charge >= 0.3 is 12.6 Å². The van der Waals surface area contributed by atoms with Gasteiger partial charge in [-0.3, -0.25) is 14.5 Å². The molecule has 0 aromatic heterocycles. The lowest BCUT2D eigenvalue weighted by molar-refractivity contribution is -0.205. The van der Waals surface area contributed by atoms with Crippen molar-refractivity contribution in [2.24, 2.45) is 23.5 Å². The van der Waals surface area contributed by atoms with E-state index in [1.165, 1.54) is 16.7 Å². The lowest BCUT2D eigenvalue weighted by Gasteiger charge is -2.44. The average molecular weight is 586 g/mol. The molecule has 4 aliphatic rings. The molecule has 0 unspecified atom stereocenters. The minimum Gasteiger partial charge on any atom is -0.388 e. The van der Waals surface area contributed by atoms with Gasteiger partial charge in [-0.2, -0.15) is 0 Å². The van der Waals surface area contributed by atoms with Crippen LogP contribution < -0.4 is 11.1 Å². The number of nitrogens with zero attached hydrogens (tertiary/aromatic N) is 1. The van der Waals surface area contributed by atoms with Crippen LogP contribution in [-0.2, 0) is 23.8 Å². The summed E-state index contributed by atoms with van der Waals surface area (Å²) in [4.78, 5) is 38.9. The Hall–Kier alpha value is -1.74. The molecule has 11 atom stereocenters. The van der Waals surface area contributed by atoms with Crippen molar-refractivity contribution >= 4 is 30.2 Å². The minimum atomic E-state index is -1.49. The van der Waals surface area contributed by atoms with Crippen LogP contribution in [0.3, 0.4) is 0 Å². The maximum absolute atomic E-state index is 13.9. The number of ether oxygens (including phenoxy) is 3. The summed E-state index contributed by atoms with van der Waals surface area (Å²) < 4.78 is 16.9. The molecular formula is C27H43N3O9S. The molecule has 3 fully saturated rings. The van der Waals surface area contributed by atoms with Gasteiger partial charge in [-0.1, -0.05) is 26.0 Å². The Bertz CT molecular complexity index is 924. The van der Waals surface area contributed by atoms with Crippen LogP contribution in [-0.4, -0.2) is 112 Å².